The molecule has 1 spiro atoms. The van der Waals surface area contributed by atoms with Gasteiger partial charge in [0, 0.05) is 32.2 Å². The first-order chi connectivity index (χ1) is 12.0. The number of hydrogen-bond acceptors (Lipinski definition) is 4. The number of rotatable bonds is 5. The number of ether oxygens (including phenoxy) is 2. The van der Waals surface area contributed by atoms with Crippen LogP contribution in [-0.4, -0.2) is 67.9 Å². The molecule has 2 heterocycles. The standard InChI is InChI=1S/C20H31FN2O2/c1-16(2)22(3)11-18-10-20(25-13-18)14-23(8-9-24-15-20)12-17-4-6-19(21)7-5-17/h4-7,16,18H,8-15H2,1-3H3/t18-,20-/m0/s1. The third-order valence-electron chi connectivity index (χ3n) is 5.46. The molecule has 5 heteroatoms. The van der Waals surface area contributed by atoms with E-state index < -0.39 is 0 Å². The highest BCUT2D eigenvalue weighted by Crippen LogP contribution is 2.33. The van der Waals surface area contributed by atoms with Crippen molar-refractivity contribution in [3.63, 3.8) is 0 Å². The average molecular weight is 350 g/mol. The lowest BCUT2D eigenvalue weighted by atomic mass is 9.93. The van der Waals surface area contributed by atoms with Crippen LogP contribution < -0.4 is 0 Å². The zero-order valence-electron chi connectivity index (χ0n) is 15.7. The Morgan fingerprint density at radius 2 is 2.08 bits per heavy atom. The van der Waals surface area contributed by atoms with Gasteiger partial charge in [0.1, 0.15) is 11.4 Å². The second-order valence-corrected chi connectivity index (χ2v) is 7.99. The molecule has 2 saturated heterocycles. The molecule has 0 bridgehead atoms. The first kappa shape index (κ1) is 18.8. The summed E-state index contributed by atoms with van der Waals surface area (Å²) in [6.45, 7) is 10.3. The fourth-order valence-corrected chi connectivity index (χ4v) is 3.85. The lowest BCUT2D eigenvalue weighted by Gasteiger charge is -2.31. The van der Waals surface area contributed by atoms with Gasteiger partial charge in [-0.3, -0.25) is 4.90 Å². The van der Waals surface area contributed by atoms with Gasteiger partial charge < -0.3 is 14.4 Å². The lowest BCUT2D eigenvalue weighted by Crippen LogP contribution is -2.44. The topological polar surface area (TPSA) is 24.9 Å². The fraction of sp³-hybridized carbons (Fsp3) is 0.700. The number of halogens is 1. The van der Waals surface area contributed by atoms with E-state index in [9.17, 15) is 4.39 Å². The van der Waals surface area contributed by atoms with E-state index in [1.165, 1.54) is 12.1 Å². The van der Waals surface area contributed by atoms with Crippen LogP contribution in [-0.2, 0) is 16.0 Å². The van der Waals surface area contributed by atoms with E-state index in [1.54, 1.807) is 0 Å². The minimum Gasteiger partial charge on any atom is -0.377 e. The molecule has 0 radical (unpaired) electrons. The van der Waals surface area contributed by atoms with Crippen molar-refractivity contribution in [1.29, 1.82) is 0 Å². The molecule has 0 aromatic heterocycles. The predicted molar refractivity (Wildman–Crippen MR) is 97.1 cm³/mol. The molecule has 0 amide bonds. The maximum Gasteiger partial charge on any atom is 0.123 e. The third-order valence-corrected chi connectivity index (χ3v) is 5.46. The first-order valence-electron chi connectivity index (χ1n) is 9.34. The highest BCUT2D eigenvalue weighted by molar-refractivity contribution is 5.16. The Morgan fingerprint density at radius 1 is 1.32 bits per heavy atom. The van der Waals surface area contributed by atoms with Crippen molar-refractivity contribution in [2.45, 2.75) is 38.5 Å². The van der Waals surface area contributed by atoms with E-state index in [1.807, 2.05) is 12.1 Å². The van der Waals surface area contributed by atoms with Crippen molar-refractivity contribution in [2.24, 2.45) is 5.92 Å². The van der Waals surface area contributed by atoms with E-state index in [2.05, 4.69) is 30.7 Å². The Morgan fingerprint density at radius 3 is 2.80 bits per heavy atom. The fourth-order valence-electron chi connectivity index (χ4n) is 3.85. The Kier molecular flexibility index (Phi) is 6.10. The molecule has 0 unspecified atom stereocenters. The zero-order chi connectivity index (χ0) is 17.9. The summed E-state index contributed by atoms with van der Waals surface area (Å²) in [4.78, 5) is 4.77. The summed E-state index contributed by atoms with van der Waals surface area (Å²) in [6, 6.07) is 7.34. The largest absolute Gasteiger partial charge is 0.377 e. The number of hydrogen-bond donors (Lipinski definition) is 0. The summed E-state index contributed by atoms with van der Waals surface area (Å²) < 4.78 is 25.3. The van der Waals surface area contributed by atoms with Crippen LogP contribution in [0.25, 0.3) is 0 Å². The minimum absolute atomic E-state index is 0.185. The van der Waals surface area contributed by atoms with Crippen LogP contribution in [0, 0.1) is 11.7 Å². The Bertz CT molecular complexity index is 551. The molecule has 4 nitrogen and oxygen atoms in total. The molecule has 2 atom stereocenters. The summed E-state index contributed by atoms with van der Waals surface area (Å²) >= 11 is 0. The van der Waals surface area contributed by atoms with Gasteiger partial charge in [-0.05, 0) is 50.9 Å². The predicted octanol–water partition coefficient (Wildman–Crippen LogP) is 2.77. The number of benzene rings is 1. The van der Waals surface area contributed by atoms with Gasteiger partial charge in [0.15, 0.2) is 0 Å². The number of nitrogens with zero attached hydrogens (tertiary/aromatic N) is 2. The van der Waals surface area contributed by atoms with Gasteiger partial charge in [-0.1, -0.05) is 12.1 Å². The van der Waals surface area contributed by atoms with Gasteiger partial charge in [0.05, 0.1) is 19.8 Å². The maximum absolute atomic E-state index is 13.1. The first-order valence-corrected chi connectivity index (χ1v) is 9.34. The van der Waals surface area contributed by atoms with Crippen LogP contribution in [0.2, 0.25) is 0 Å². The summed E-state index contributed by atoms with van der Waals surface area (Å²) in [5.41, 5.74) is 0.937. The van der Waals surface area contributed by atoms with Gasteiger partial charge in [-0.2, -0.15) is 0 Å². The van der Waals surface area contributed by atoms with Crippen LogP contribution in [0.4, 0.5) is 4.39 Å². The van der Waals surface area contributed by atoms with Gasteiger partial charge in [-0.25, -0.2) is 4.39 Å². The van der Waals surface area contributed by atoms with Crippen molar-refractivity contribution in [3.05, 3.63) is 35.6 Å². The highest BCUT2D eigenvalue weighted by atomic mass is 19.1. The second kappa shape index (κ2) is 8.12. The summed E-state index contributed by atoms with van der Waals surface area (Å²) in [6.07, 6.45) is 1.05. The third kappa shape index (κ3) is 5.00. The molecular weight excluding hydrogens is 319 g/mol. The lowest BCUT2D eigenvalue weighted by molar-refractivity contribution is -0.0563. The molecule has 0 aliphatic carbocycles. The van der Waals surface area contributed by atoms with Crippen LogP contribution in [0.5, 0.6) is 0 Å². The molecule has 25 heavy (non-hydrogen) atoms. The van der Waals surface area contributed by atoms with E-state index in [0.29, 0.717) is 18.6 Å². The van der Waals surface area contributed by atoms with Crippen molar-refractivity contribution >= 4 is 0 Å². The van der Waals surface area contributed by atoms with Crippen LogP contribution in [0.3, 0.4) is 0 Å². The monoisotopic (exact) mass is 350 g/mol. The van der Waals surface area contributed by atoms with E-state index in [-0.39, 0.29) is 11.4 Å². The van der Waals surface area contributed by atoms with Crippen LogP contribution in [0.15, 0.2) is 24.3 Å². The zero-order valence-corrected chi connectivity index (χ0v) is 15.7. The Labute approximate surface area is 150 Å². The van der Waals surface area contributed by atoms with Crippen molar-refractivity contribution in [1.82, 2.24) is 9.80 Å². The smallest absolute Gasteiger partial charge is 0.123 e. The van der Waals surface area contributed by atoms with Gasteiger partial charge in [-0.15, -0.1) is 0 Å². The summed E-state index contributed by atoms with van der Waals surface area (Å²) in [5, 5.41) is 0. The maximum atomic E-state index is 13.1. The van der Waals surface area contributed by atoms with E-state index >= 15 is 0 Å². The molecule has 0 saturated carbocycles. The molecular formula is C20H31FN2O2. The highest BCUT2D eigenvalue weighted by Gasteiger charge is 2.43. The van der Waals surface area contributed by atoms with Crippen LogP contribution >= 0.6 is 0 Å². The molecule has 140 valence electrons. The van der Waals surface area contributed by atoms with Gasteiger partial charge >= 0.3 is 0 Å². The quantitative estimate of drug-likeness (QED) is 0.815. The molecule has 2 aliphatic heterocycles. The van der Waals surface area contributed by atoms with Gasteiger partial charge in [0.2, 0.25) is 0 Å². The molecule has 2 aliphatic rings. The average Bonchev–Trinajstić information content (AvgIpc) is 2.84. The van der Waals surface area contributed by atoms with E-state index in [4.69, 9.17) is 9.47 Å². The molecule has 3 rings (SSSR count). The molecule has 1 aromatic carbocycles. The van der Waals surface area contributed by atoms with Crippen molar-refractivity contribution in [3.8, 4) is 0 Å². The van der Waals surface area contributed by atoms with Gasteiger partial charge in [0.25, 0.3) is 0 Å². The second-order valence-electron chi connectivity index (χ2n) is 7.99. The van der Waals surface area contributed by atoms with Crippen molar-refractivity contribution in [2.75, 3.05) is 46.5 Å². The van der Waals surface area contributed by atoms with E-state index in [0.717, 1.165) is 51.4 Å². The summed E-state index contributed by atoms with van der Waals surface area (Å²) in [5.74, 6) is 0.373. The van der Waals surface area contributed by atoms with Crippen LogP contribution in [0.1, 0.15) is 25.8 Å². The Hall–Kier alpha value is -1.01. The Balaban J connectivity index is 1.60. The minimum atomic E-state index is -0.195. The summed E-state index contributed by atoms with van der Waals surface area (Å²) in [7, 11) is 2.18. The normalized spacial score (nSPS) is 28.2. The molecule has 2 fully saturated rings. The molecule has 1 aromatic rings. The SMILES string of the molecule is CC(C)N(C)C[C@H]1CO[C@@]2(COCCN(Cc3ccc(F)cc3)C2)C1. The van der Waals surface area contributed by atoms with Crippen molar-refractivity contribution < 1.29 is 13.9 Å². The molecule has 0 N–H and O–H groups in total.